The molecule has 14 rings (SSSR count). The van der Waals surface area contributed by atoms with Gasteiger partial charge in [-0.1, -0.05) is 206 Å². The van der Waals surface area contributed by atoms with Crippen molar-refractivity contribution in [2.24, 2.45) is 0 Å². The molecule has 0 atom stereocenters. The molecule has 0 aliphatic carbocycles. The molecule has 0 saturated carbocycles. The maximum Gasteiger partial charge on any atom is 0.0474 e. The summed E-state index contributed by atoms with van der Waals surface area (Å²) in [5.41, 5.74) is 10.5. The number of benzene rings is 13. The minimum atomic E-state index is 1.10. The summed E-state index contributed by atoms with van der Waals surface area (Å²) in [6, 6.07) is 92.3. The van der Waals surface area contributed by atoms with Crippen LogP contribution in [-0.4, -0.2) is 0 Å². The van der Waals surface area contributed by atoms with E-state index in [-0.39, 0.29) is 0 Å². The third-order valence-corrected chi connectivity index (χ3v) is 14.3. The SMILES string of the molecule is c1ccc(-c2ccc(-c3ccc(N(c4ccc(-c5ccc6c(ccc7ccccc76)c5)cc4)c4cc5ccc6cccc7c8cccc9ccc%10cccc(c(c4)c5c67)c%10c98)cc3)cc2)cc1. The molecule has 0 radical (unpaired) electrons. The van der Waals surface area contributed by atoms with E-state index in [2.05, 4.69) is 254 Å². The summed E-state index contributed by atoms with van der Waals surface area (Å²) in [6.07, 6.45) is 0. The van der Waals surface area contributed by atoms with Gasteiger partial charge in [0.2, 0.25) is 0 Å². The van der Waals surface area contributed by atoms with Gasteiger partial charge in [0, 0.05) is 17.1 Å². The Morgan fingerprint density at radius 2 is 0.567 bits per heavy atom. The second kappa shape index (κ2) is 14.9. The zero-order valence-electron chi connectivity index (χ0n) is 36.6. The molecule has 14 aromatic carbocycles. The van der Waals surface area contributed by atoms with Gasteiger partial charge in [-0.15, -0.1) is 0 Å². The molecule has 0 heterocycles. The predicted molar refractivity (Wildman–Crippen MR) is 289 cm³/mol. The van der Waals surface area contributed by atoms with Gasteiger partial charge in [0.05, 0.1) is 0 Å². The lowest BCUT2D eigenvalue weighted by molar-refractivity contribution is 1.29. The molecule has 0 unspecified atom stereocenters. The van der Waals surface area contributed by atoms with Crippen LogP contribution in [0.3, 0.4) is 0 Å². The first-order valence-electron chi connectivity index (χ1n) is 23.2. The largest absolute Gasteiger partial charge is 0.310 e. The number of fused-ring (bicyclic) bond motifs is 5. The Morgan fingerprint density at radius 3 is 1.16 bits per heavy atom. The zero-order chi connectivity index (χ0) is 44.0. The van der Waals surface area contributed by atoms with E-state index in [1.54, 1.807) is 0 Å². The highest BCUT2D eigenvalue weighted by atomic mass is 15.1. The molecule has 0 aliphatic rings. The Labute approximate surface area is 388 Å². The maximum atomic E-state index is 2.46. The van der Waals surface area contributed by atoms with Gasteiger partial charge in [0.15, 0.2) is 0 Å². The first-order valence-corrected chi connectivity index (χ1v) is 23.2. The number of rotatable bonds is 6. The molecule has 1 heteroatoms. The minimum Gasteiger partial charge on any atom is -0.310 e. The van der Waals surface area contributed by atoms with Crippen LogP contribution in [0.15, 0.2) is 249 Å². The molecule has 67 heavy (non-hydrogen) atoms. The molecule has 0 spiro atoms. The molecule has 0 bridgehead atoms. The maximum absolute atomic E-state index is 2.46. The van der Waals surface area contributed by atoms with Crippen LogP contribution in [0.5, 0.6) is 0 Å². The van der Waals surface area contributed by atoms with Crippen molar-refractivity contribution in [2.45, 2.75) is 0 Å². The van der Waals surface area contributed by atoms with Gasteiger partial charge < -0.3 is 4.90 Å². The van der Waals surface area contributed by atoms with Crippen LogP contribution in [0.25, 0.3) is 120 Å². The summed E-state index contributed by atoms with van der Waals surface area (Å²) in [5.74, 6) is 0. The molecule has 0 amide bonds. The quantitative estimate of drug-likeness (QED) is 0.151. The van der Waals surface area contributed by atoms with E-state index in [0.29, 0.717) is 0 Å². The van der Waals surface area contributed by atoms with Crippen LogP contribution in [0, 0.1) is 0 Å². The Balaban J connectivity index is 0.970. The van der Waals surface area contributed by atoms with Crippen molar-refractivity contribution < 1.29 is 0 Å². The van der Waals surface area contributed by atoms with E-state index in [1.807, 2.05) is 0 Å². The van der Waals surface area contributed by atoms with Gasteiger partial charge in [-0.3, -0.25) is 0 Å². The lowest BCUT2D eigenvalue weighted by atomic mass is 9.87. The van der Waals surface area contributed by atoms with Crippen molar-refractivity contribution in [1.82, 2.24) is 0 Å². The van der Waals surface area contributed by atoms with E-state index in [4.69, 9.17) is 0 Å². The molecule has 0 aliphatic heterocycles. The van der Waals surface area contributed by atoms with Crippen molar-refractivity contribution in [3.63, 3.8) is 0 Å². The number of hydrogen-bond donors (Lipinski definition) is 0. The van der Waals surface area contributed by atoms with Crippen molar-refractivity contribution in [1.29, 1.82) is 0 Å². The summed E-state index contributed by atoms with van der Waals surface area (Å²) < 4.78 is 0. The molecule has 310 valence electrons. The van der Waals surface area contributed by atoms with E-state index >= 15 is 0 Å². The van der Waals surface area contributed by atoms with Gasteiger partial charge >= 0.3 is 0 Å². The van der Waals surface area contributed by atoms with E-state index in [0.717, 1.165) is 17.1 Å². The van der Waals surface area contributed by atoms with E-state index < -0.39 is 0 Å². The molecule has 1 nitrogen and oxygen atoms in total. The number of hydrogen-bond acceptors (Lipinski definition) is 1. The Morgan fingerprint density at radius 1 is 0.179 bits per heavy atom. The fourth-order valence-electron chi connectivity index (χ4n) is 11.1. The van der Waals surface area contributed by atoms with Crippen molar-refractivity contribution in [2.75, 3.05) is 4.90 Å². The van der Waals surface area contributed by atoms with Crippen molar-refractivity contribution >= 4 is 103 Å². The average Bonchev–Trinajstić information content (AvgIpc) is 3.40. The molecule has 0 fully saturated rings. The predicted octanol–water partition coefficient (Wildman–Crippen LogP) is 18.8. The lowest BCUT2D eigenvalue weighted by Gasteiger charge is -2.27. The number of anilines is 3. The first kappa shape index (κ1) is 37.6. The van der Waals surface area contributed by atoms with Crippen molar-refractivity contribution in [3.8, 4) is 33.4 Å². The molecule has 0 aromatic heterocycles. The molecule has 0 saturated heterocycles. The normalized spacial score (nSPS) is 11.9. The second-order valence-corrected chi connectivity index (χ2v) is 18.0. The van der Waals surface area contributed by atoms with Gasteiger partial charge in [0.1, 0.15) is 0 Å². The molecule has 14 aromatic rings. The Bertz CT molecular complexity index is 4220. The molecular formula is C66H41N. The smallest absolute Gasteiger partial charge is 0.0474 e. The summed E-state index contributed by atoms with van der Waals surface area (Å²) in [5, 5.41) is 20.4. The van der Waals surface area contributed by atoms with Gasteiger partial charge in [-0.25, -0.2) is 0 Å². The lowest BCUT2D eigenvalue weighted by Crippen LogP contribution is -2.10. The van der Waals surface area contributed by atoms with Crippen LogP contribution in [-0.2, 0) is 0 Å². The highest BCUT2D eigenvalue weighted by molar-refractivity contribution is 6.37. The zero-order valence-corrected chi connectivity index (χ0v) is 36.6. The first-order chi connectivity index (χ1) is 33.2. The third kappa shape index (κ3) is 6.02. The summed E-state index contributed by atoms with van der Waals surface area (Å²) in [7, 11) is 0. The average molecular weight is 848 g/mol. The minimum absolute atomic E-state index is 1.10. The summed E-state index contributed by atoms with van der Waals surface area (Å²) in [4.78, 5) is 2.44. The van der Waals surface area contributed by atoms with Gasteiger partial charge in [0.25, 0.3) is 0 Å². The third-order valence-electron chi connectivity index (χ3n) is 14.3. The topological polar surface area (TPSA) is 3.24 Å². The van der Waals surface area contributed by atoms with Crippen LogP contribution in [0.4, 0.5) is 17.1 Å². The fourth-order valence-corrected chi connectivity index (χ4v) is 11.1. The standard InChI is InChI=1S/C66H41N/c1-2-9-42(10-3-1)43-19-21-44(22-20-43)45-29-34-54(35-30-45)67(55-36-31-46(32-37-55)51-33-38-58-52(39-51)27-23-47-11-4-5-15-57(47)58)56-40-53-28-26-50-13-7-17-60-59-16-6-12-48-24-25-49-14-8-18-61(65(49)63(48)59)62(41-56)66(53)64(50)60/h1-41H. The van der Waals surface area contributed by atoms with Crippen LogP contribution >= 0.6 is 0 Å². The van der Waals surface area contributed by atoms with Gasteiger partial charge in [-0.2, -0.15) is 0 Å². The molecular weight excluding hydrogens is 807 g/mol. The Kier molecular flexibility index (Phi) is 8.35. The van der Waals surface area contributed by atoms with Crippen molar-refractivity contribution in [3.05, 3.63) is 249 Å². The Hall–Kier alpha value is -8.78. The monoisotopic (exact) mass is 847 g/mol. The molecule has 0 N–H and O–H groups in total. The van der Waals surface area contributed by atoms with E-state index in [9.17, 15) is 0 Å². The van der Waals surface area contributed by atoms with Gasteiger partial charge in [-0.05, 0) is 162 Å². The summed E-state index contributed by atoms with van der Waals surface area (Å²) >= 11 is 0. The van der Waals surface area contributed by atoms with Crippen LogP contribution in [0.1, 0.15) is 0 Å². The van der Waals surface area contributed by atoms with Crippen LogP contribution < -0.4 is 4.90 Å². The fraction of sp³-hybridized carbons (Fsp3) is 0. The summed E-state index contributed by atoms with van der Waals surface area (Å²) in [6.45, 7) is 0. The number of nitrogens with zero attached hydrogens (tertiary/aromatic N) is 1. The van der Waals surface area contributed by atoms with E-state index in [1.165, 1.54) is 120 Å². The highest BCUT2D eigenvalue weighted by Crippen LogP contribution is 2.47. The highest BCUT2D eigenvalue weighted by Gasteiger charge is 2.20. The second-order valence-electron chi connectivity index (χ2n) is 18.0. The van der Waals surface area contributed by atoms with Crippen LogP contribution in [0.2, 0.25) is 0 Å².